The zero-order valence-electron chi connectivity index (χ0n) is 11.3. The van der Waals surface area contributed by atoms with Crippen LogP contribution in [0.1, 0.15) is 13.8 Å². The molecule has 1 unspecified atom stereocenters. The number of methoxy groups -OCH3 is 1. The number of nitrogens with two attached hydrogens (primary N) is 1. The summed E-state index contributed by atoms with van der Waals surface area (Å²) in [7, 11) is -2.11. The Morgan fingerprint density at radius 2 is 2.11 bits per heavy atom. The number of ether oxygens (including phenoxy) is 1. The first-order valence-corrected chi connectivity index (χ1v) is 7.72. The van der Waals surface area contributed by atoms with E-state index in [-0.39, 0.29) is 16.6 Å². The van der Waals surface area contributed by atoms with Crippen molar-refractivity contribution in [1.82, 2.24) is 4.31 Å². The van der Waals surface area contributed by atoms with Gasteiger partial charge >= 0.3 is 0 Å². The van der Waals surface area contributed by atoms with Crippen LogP contribution in [0.25, 0.3) is 0 Å². The van der Waals surface area contributed by atoms with Crippen LogP contribution in [-0.2, 0) is 14.8 Å². The molecule has 1 atom stereocenters. The Kier molecular flexibility index (Phi) is 5.61. The summed E-state index contributed by atoms with van der Waals surface area (Å²) in [6.07, 6.45) is 0. The summed E-state index contributed by atoms with van der Waals surface area (Å²) in [5.74, 6) is 0. The topological polar surface area (TPSA) is 72.6 Å². The van der Waals surface area contributed by atoms with Crippen molar-refractivity contribution in [3.05, 3.63) is 23.2 Å². The van der Waals surface area contributed by atoms with E-state index < -0.39 is 10.0 Å². The number of anilines is 1. The second-order valence-electron chi connectivity index (χ2n) is 4.19. The molecule has 0 saturated heterocycles. The number of hydrogen-bond acceptors (Lipinski definition) is 4. The smallest absolute Gasteiger partial charge is 0.245 e. The molecule has 0 saturated carbocycles. The molecule has 0 aromatic heterocycles. The predicted molar refractivity (Wildman–Crippen MR) is 76.8 cm³/mol. The van der Waals surface area contributed by atoms with Gasteiger partial charge in [-0.2, -0.15) is 4.31 Å². The molecular weight excluding hydrogens is 288 g/mol. The van der Waals surface area contributed by atoms with E-state index >= 15 is 0 Å². The van der Waals surface area contributed by atoms with Crippen molar-refractivity contribution in [2.75, 3.05) is 26.0 Å². The molecule has 1 aromatic rings. The fourth-order valence-electron chi connectivity index (χ4n) is 1.92. The van der Waals surface area contributed by atoms with Gasteiger partial charge in [-0.3, -0.25) is 0 Å². The van der Waals surface area contributed by atoms with E-state index in [0.29, 0.717) is 18.2 Å². The van der Waals surface area contributed by atoms with Crippen molar-refractivity contribution in [3.8, 4) is 0 Å². The average molecular weight is 307 g/mol. The monoisotopic (exact) mass is 306 g/mol. The molecule has 1 rings (SSSR count). The molecule has 0 radical (unpaired) electrons. The molecule has 0 aliphatic carbocycles. The average Bonchev–Trinajstić information content (AvgIpc) is 2.28. The highest BCUT2D eigenvalue weighted by atomic mass is 35.5. The van der Waals surface area contributed by atoms with Crippen LogP contribution in [0, 0.1) is 0 Å². The predicted octanol–water partition coefficient (Wildman–Crippen LogP) is 1.97. The lowest BCUT2D eigenvalue weighted by Gasteiger charge is -2.27. The highest BCUT2D eigenvalue weighted by Gasteiger charge is 2.29. The zero-order chi connectivity index (χ0) is 14.6. The lowest BCUT2D eigenvalue weighted by Crippen LogP contribution is -2.41. The molecule has 1 aromatic carbocycles. The number of likely N-dealkylation sites (N-methyl/N-ethyl adjacent to an activating group) is 1. The minimum Gasteiger partial charge on any atom is -0.398 e. The van der Waals surface area contributed by atoms with Gasteiger partial charge in [-0.15, -0.1) is 0 Å². The minimum atomic E-state index is -3.65. The van der Waals surface area contributed by atoms with Gasteiger partial charge in [0.2, 0.25) is 10.0 Å². The molecule has 0 heterocycles. The molecule has 108 valence electrons. The summed E-state index contributed by atoms with van der Waals surface area (Å²) >= 11 is 5.78. The van der Waals surface area contributed by atoms with Crippen LogP contribution in [-0.4, -0.2) is 39.0 Å². The number of nitrogens with zero attached hydrogens (tertiary/aromatic N) is 1. The maximum Gasteiger partial charge on any atom is 0.245 e. The van der Waals surface area contributed by atoms with Crippen molar-refractivity contribution < 1.29 is 13.2 Å². The molecule has 0 fully saturated rings. The number of halogens is 1. The van der Waals surface area contributed by atoms with Gasteiger partial charge in [0.05, 0.1) is 12.3 Å². The van der Waals surface area contributed by atoms with Crippen LogP contribution in [0.5, 0.6) is 0 Å². The minimum absolute atomic E-state index is 0.0710. The number of hydrogen-bond donors (Lipinski definition) is 1. The van der Waals surface area contributed by atoms with E-state index in [0.717, 1.165) is 0 Å². The van der Waals surface area contributed by atoms with E-state index in [4.69, 9.17) is 22.1 Å². The highest BCUT2D eigenvalue weighted by molar-refractivity contribution is 7.89. The van der Waals surface area contributed by atoms with Crippen LogP contribution in [0.2, 0.25) is 5.02 Å². The lowest BCUT2D eigenvalue weighted by atomic mass is 10.3. The van der Waals surface area contributed by atoms with Crippen molar-refractivity contribution in [2.45, 2.75) is 24.8 Å². The van der Waals surface area contributed by atoms with E-state index in [2.05, 4.69) is 0 Å². The van der Waals surface area contributed by atoms with Gasteiger partial charge in [-0.05, 0) is 25.1 Å². The summed E-state index contributed by atoms with van der Waals surface area (Å²) in [6, 6.07) is 4.10. The summed E-state index contributed by atoms with van der Waals surface area (Å²) in [5.41, 5.74) is 5.90. The third-order valence-electron chi connectivity index (χ3n) is 2.77. The lowest BCUT2D eigenvalue weighted by molar-refractivity contribution is 0.142. The van der Waals surface area contributed by atoms with Crippen molar-refractivity contribution in [2.24, 2.45) is 0 Å². The SMILES string of the molecule is CCN(C(C)COC)S(=O)(=O)c1ccc(Cl)cc1N. The molecule has 2 N–H and O–H groups in total. The van der Waals surface area contributed by atoms with Crippen LogP contribution in [0.3, 0.4) is 0 Å². The van der Waals surface area contributed by atoms with Gasteiger partial charge in [-0.25, -0.2) is 8.42 Å². The zero-order valence-corrected chi connectivity index (χ0v) is 12.8. The van der Waals surface area contributed by atoms with Crippen LogP contribution < -0.4 is 5.73 Å². The first kappa shape index (κ1) is 16.2. The quantitative estimate of drug-likeness (QED) is 0.816. The fourth-order valence-corrected chi connectivity index (χ4v) is 3.83. The van der Waals surface area contributed by atoms with Gasteiger partial charge < -0.3 is 10.5 Å². The van der Waals surface area contributed by atoms with Gasteiger partial charge in [0, 0.05) is 24.7 Å². The number of sulfonamides is 1. The third-order valence-corrected chi connectivity index (χ3v) is 5.17. The van der Waals surface area contributed by atoms with Crippen molar-refractivity contribution in [3.63, 3.8) is 0 Å². The van der Waals surface area contributed by atoms with Crippen LogP contribution in [0.15, 0.2) is 23.1 Å². The Bertz CT molecular complexity index is 534. The van der Waals surface area contributed by atoms with Crippen LogP contribution in [0.4, 0.5) is 5.69 Å². The molecule has 7 heteroatoms. The molecule has 19 heavy (non-hydrogen) atoms. The van der Waals surface area contributed by atoms with E-state index in [9.17, 15) is 8.42 Å². The normalized spacial score (nSPS) is 13.7. The van der Waals surface area contributed by atoms with E-state index in [1.54, 1.807) is 13.8 Å². The summed E-state index contributed by atoms with van der Waals surface area (Å²) in [6.45, 7) is 4.22. The first-order chi connectivity index (χ1) is 8.84. The standard InChI is InChI=1S/C12H19ClN2O3S/c1-4-15(9(2)8-18-3)19(16,17)12-6-5-10(13)7-11(12)14/h5-7,9H,4,8,14H2,1-3H3. The van der Waals surface area contributed by atoms with Crippen molar-refractivity contribution in [1.29, 1.82) is 0 Å². The fraction of sp³-hybridized carbons (Fsp3) is 0.500. The molecular formula is C12H19ClN2O3S. The van der Waals surface area contributed by atoms with Gasteiger partial charge in [0.25, 0.3) is 0 Å². The first-order valence-electron chi connectivity index (χ1n) is 5.90. The largest absolute Gasteiger partial charge is 0.398 e. The number of benzene rings is 1. The van der Waals surface area contributed by atoms with E-state index in [1.165, 1.54) is 29.6 Å². The number of nitrogen functional groups attached to an aromatic ring is 1. The maximum atomic E-state index is 12.6. The Morgan fingerprint density at radius 3 is 2.58 bits per heavy atom. The summed E-state index contributed by atoms with van der Waals surface area (Å²) < 4.78 is 31.5. The Hall–Kier alpha value is -0.820. The summed E-state index contributed by atoms with van der Waals surface area (Å²) in [5, 5.41) is 0.407. The second-order valence-corrected chi connectivity index (χ2v) is 6.49. The Balaban J connectivity index is 3.20. The third kappa shape index (κ3) is 3.60. The van der Waals surface area contributed by atoms with E-state index in [1.807, 2.05) is 0 Å². The highest BCUT2D eigenvalue weighted by Crippen LogP contribution is 2.26. The molecule has 5 nitrogen and oxygen atoms in total. The Labute approximate surface area is 119 Å². The summed E-state index contributed by atoms with van der Waals surface area (Å²) in [4.78, 5) is 0.0710. The number of rotatable bonds is 6. The molecule has 0 amide bonds. The van der Waals surface area contributed by atoms with Crippen LogP contribution >= 0.6 is 11.6 Å². The van der Waals surface area contributed by atoms with Gasteiger partial charge in [-0.1, -0.05) is 18.5 Å². The molecule has 0 spiro atoms. The maximum absolute atomic E-state index is 12.6. The Morgan fingerprint density at radius 1 is 1.47 bits per heavy atom. The van der Waals surface area contributed by atoms with Gasteiger partial charge in [0.15, 0.2) is 0 Å². The second kappa shape index (κ2) is 6.56. The van der Waals surface area contributed by atoms with Gasteiger partial charge in [0.1, 0.15) is 4.90 Å². The van der Waals surface area contributed by atoms with Crippen molar-refractivity contribution >= 4 is 27.3 Å². The molecule has 0 bridgehead atoms. The molecule has 0 aliphatic rings. The molecule has 0 aliphatic heterocycles.